The molecule has 0 spiro atoms. The maximum Gasteiger partial charge on any atom is 0.347 e. The lowest BCUT2D eigenvalue weighted by molar-refractivity contribution is -0.174. The Hall–Kier alpha value is -3.96. The molecule has 0 radical (unpaired) electrons. The molecule has 0 unspecified atom stereocenters. The Morgan fingerprint density at radius 2 is 1.57 bits per heavy atom. The van der Waals surface area contributed by atoms with Crippen molar-refractivity contribution in [1.29, 1.82) is 0 Å². The van der Waals surface area contributed by atoms with Crippen LogP contribution in [-0.2, 0) is 51.2 Å². The average Bonchev–Trinajstić information content (AvgIpc) is 3.94. The molecule has 1 aliphatic carbocycles. The van der Waals surface area contributed by atoms with Gasteiger partial charge in [0.1, 0.15) is 18.7 Å². The molecule has 2 aromatic carbocycles. The zero-order valence-corrected chi connectivity index (χ0v) is 29.6. The number of rotatable bonds is 18. The van der Waals surface area contributed by atoms with Gasteiger partial charge in [0.25, 0.3) is 5.91 Å². The van der Waals surface area contributed by atoms with Gasteiger partial charge in [-0.3, -0.25) is 9.59 Å². The molecule has 268 valence electrons. The maximum atomic E-state index is 14.1. The van der Waals surface area contributed by atoms with E-state index in [1.54, 1.807) is 7.05 Å². The number of carbonyl (C=O) groups is 4. The molecule has 4 atom stereocenters. The van der Waals surface area contributed by atoms with Crippen LogP contribution in [0, 0.1) is 11.8 Å². The fourth-order valence-electron chi connectivity index (χ4n) is 5.85. The van der Waals surface area contributed by atoms with Gasteiger partial charge in [0.05, 0.1) is 13.2 Å². The molecule has 49 heavy (non-hydrogen) atoms. The summed E-state index contributed by atoms with van der Waals surface area (Å²) >= 11 is 0. The van der Waals surface area contributed by atoms with Gasteiger partial charge in [0.2, 0.25) is 0 Å². The molecule has 1 aliphatic heterocycles. The van der Waals surface area contributed by atoms with Crippen LogP contribution in [0.2, 0.25) is 0 Å². The number of hydrogen-bond acceptors (Lipinski definition) is 10. The number of nitrogens with zero attached hydrogens (tertiary/aromatic N) is 2. The molecule has 2 aliphatic rings. The second-order valence-corrected chi connectivity index (χ2v) is 13.5. The summed E-state index contributed by atoms with van der Waals surface area (Å²) in [5.74, 6) is -1.90. The smallest absolute Gasteiger partial charge is 0.347 e. The van der Waals surface area contributed by atoms with Crippen LogP contribution in [0.4, 0.5) is 5.69 Å². The molecule has 1 amide bonds. The van der Waals surface area contributed by atoms with Gasteiger partial charge < -0.3 is 34.1 Å². The van der Waals surface area contributed by atoms with Crippen LogP contribution in [0.3, 0.4) is 0 Å². The number of aryl methyl sites for hydroxylation is 1. The van der Waals surface area contributed by atoms with Crippen LogP contribution in [0.15, 0.2) is 54.6 Å². The number of likely N-dealkylation sites (N-methyl/N-ethyl adjacent to an activating group) is 2. The third-order valence-corrected chi connectivity index (χ3v) is 9.07. The SMILES string of the molecule is CN[C@@H](CC1CC1)C(=O)O[C@H](CCc1ccc(N2CCOCC2)cc1)C(=O)N(C)[C@@H](CC(C)C)C(=O)O[C@H](C)C(=O)OCc1ccccc1. The molecule has 2 aromatic rings. The van der Waals surface area contributed by atoms with Crippen molar-refractivity contribution in [3.63, 3.8) is 0 Å². The van der Waals surface area contributed by atoms with Gasteiger partial charge in [-0.2, -0.15) is 0 Å². The molecule has 4 rings (SSSR count). The van der Waals surface area contributed by atoms with E-state index in [0.29, 0.717) is 32.0 Å². The van der Waals surface area contributed by atoms with Gasteiger partial charge in [-0.25, -0.2) is 9.59 Å². The van der Waals surface area contributed by atoms with E-state index in [4.69, 9.17) is 18.9 Å². The molecule has 11 heteroatoms. The highest BCUT2D eigenvalue weighted by Gasteiger charge is 2.37. The van der Waals surface area contributed by atoms with E-state index in [2.05, 4.69) is 22.3 Å². The standard InChI is InChI=1S/C38H53N3O8/c1-26(2)23-33(38(45)48-27(3)36(43)47-25-30-9-7-6-8-10-30)40(5)35(42)34(49-37(44)32(39-4)24-29-11-12-29)18-15-28-13-16-31(17-14-28)41-19-21-46-22-20-41/h6-10,13-14,16-17,26-27,29,32-34,39H,11-12,15,18-25H2,1-5H3/t27-,32+,33+,34-/m1/s1. The predicted octanol–water partition coefficient (Wildman–Crippen LogP) is 4.30. The molecular formula is C38H53N3O8. The largest absolute Gasteiger partial charge is 0.458 e. The number of nitrogens with one attached hydrogen (secondary N) is 1. The minimum atomic E-state index is -1.18. The third kappa shape index (κ3) is 11.9. The Balaban J connectivity index is 1.44. The van der Waals surface area contributed by atoms with Crippen LogP contribution in [0.25, 0.3) is 0 Å². The number of anilines is 1. The van der Waals surface area contributed by atoms with Crippen molar-refractivity contribution in [2.75, 3.05) is 45.3 Å². The van der Waals surface area contributed by atoms with Gasteiger partial charge in [0, 0.05) is 25.8 Å². The molecule has 0 aromatic heterocycles. The van der Waals surface area contributed by atoms with E-state index in [0.717, 1.165) is 42.7 Å². The summed E-state index contributed by atoms with van der Waals surface area (Å²) in [7, 11) is 3.24. The normalized spacial score (nSPS) is 17.1. The maximum absolute atomic E-state index is 14.1. The Bertz CT molecular complexity index is 1360. The summed E-state index contributed by atoms with van der Waals surface area (Å²) in [6.45, 7) is 8.42. The summed E-state index contributed by atoms with van der Waals surface area (Å²) in [4.78, 5) is 57.3. The van der Waals surface area contributed by atoms with E-state index in [1.807, 2.05) is 56.3 Å². The average molecular weight is 680 g/mol. The number of morpholine rings is 1. The Morgan fingerprint density at radius 3 is 2.18 bits per heavy atom. The monoisotopic (exact) mass is 679 g/mol. The summed E-state index contributed by atoms with van der Waals surface area (Å²) in [5, 5.41) is 3.05. The minimum Gasteiger partial charge on any atom is -0.458 e. The lowest BCUT2D eigenvalue weighted by atomic mass is 10.0. The molecule has 1 saturated heterocycles. The molecule has 2 fully saturated rings. The van der Waals surface area contributed by atoms with Crippen molar-refractivity contribution in [2.24, 2.45) is 11.8 Å². The topological polar surface area (TPSA) is 124 Å². The van der Waals surface area contributed by atoms with E-state index >= 15 is 0 Å². The van der Waals surface area contributed by atoms with E-state index < -0.39 is 48.1 Å². The fourth-order valence-corrected chi connectivity index (χ4v) is 5.85. The van der Waals surface area contributed by atoms with Crippen LogP contribution in [0.1, 0.15) is 64.0 Å². The van der Waals surface area contributed by atoms with Crippen molar-refractivity contribution >= 4 is 29.5 Å². The predicted molar refractivity (Wildman–Crippen MR) is 186 cm³/mol. The summed E-state index contributed by atoms with van der Waals surface area (Å²) in [6, 6.07) is 15.9. The lowest BCUT2D eigenvalue weighted by Gasteiger charge is -2.32. The van der Waals surface area contributed by atoms with Crippen molar-refractivity contribution in [1.82, 2.24) is 10.2 Å². The Morgan fingerprint density at radius 1 is 0.898 bits per heavy atom. The summed E-state index contributed by atoms with van der Waals surface area (Å²) in [6.07, 6.45) is 1.51. The highest BCUT2D eigenvalue weighted by molar-refractivity contribution is 5.90. The van der Waals surface area contributed by atoms with Gasteiger partial charge in [-0.1, -0.05) is 69.2 Å². The first-order chi connectivity index (χ1) is 23.5. The van der Waals surface area contributed by atoms with Crippen molar-refractivity contribution in [3.8, 4) is 0 Å². The van der Waals surface area contributed by atoms with Crippen LogP contribution < -0.4 is 10.2 Å². The first-order valence-corrected chi connectivity index (χ1v) is 17.5. The zero-order chi connectivity index (χ0) is 35.3. The molecule has 0 bridgehead atoms. The van der Waals surface area contributed by atoms with Crippen LogP contribution in [-0.4, -0.2) is 93.4 Å². The van der Waals surface area contributed by atoms with E-state index in [1.165, 1.54) is 18.9 Å². The second-order valence-electron chi connectivity index (χ2n) is 13.5. The third-order valence-electron chi connectivity index (χ3n) is 9.07. The van der Waals surface area contributed by atoms with Crippen molar-refractivity contribution in [3.05, 3.63) is 65.7 Å². The number of ether oxygens (including phenoxy) is 4. The Labute approximate surface area is 290 Å². The zero-order valence-electron chi connectivity index (χ0n) is 29.6. The van der Waals surface area contributed by atoms with Gasteiger partial charge in [-0.05, 0) is 74.8 Å². The molecule has 1 heterocycles. The molecule has 1 saturated carbocycles. The van der Waals surface area contributed by atoms with Crippen LogP contribution in [0.5, 0.6) is 0 Å². The molecule has 1 N–H and O–H groups in total. The number of hydrogen-bond donors (Lipinski definition) is 1. The second kappa shape index (κ2) is 18.7. The minimum absolute atomic E-state index is 0.0198. The number of esters is 3. The highest BCUT2D eigenvalue weighted by Crippen LogP contribution is 2.34. The number of carbonyl (C=O) groups excluding carboxylic acids is 4. The highest BCUT2D eigenvalue weighted by atomic mass is 16.6. The lowest BCUT2D eigenvalue weighted by Crippen LogP contribution is -2.51. The summed E-state index contributed by atoms with van der Waals surface area (Å²) < 4.78 is 22.3. The molecular weight excluding hydrogens is 626 g/mol. The summed E-state index contributed by atoms with van der Waals surface area (Å²) in [5.41, 5.74) is 2.91. The quantitative estimate of drug-likeness (QED) is 0.180. The molecule has 11 nitrogen and oxygen atoms in total. The van der Waals surface area contributed by atoms with Crippen molar-refractivity contribution < 1.29 is 38.1 Å². The van der Waals surface area contributed by atoms with Crippen molar-refractivity contribution in [2.45, 2.75) is 90.2 Å². The fraction of sp³-hybridized carbons (Fsp3) is 0.579. The Kier molecular flexibility index (Phi) is 14.5. The van der Waals surface area contributed by atoms with E-state index in [-0.39, 0.29) is 25.4 Å². The van der Waals surface area contributed by atoms with Gasteiger partial charge in [-0.15, -0.1) is 0 Å². The first-order valence-electron chi connectivity index (χ1n) is 17.5. The number of benzene rings is 2. The van der Waals surface area contributed by atoms with Crippen LogP contribution >= 0.6 is 0 Å². The van der Waals surface area contributed by atoms with Gasteiger partial charge in [0.15, 0.2) is 12.2 Å². The number of amides is 1. The van der Waals surface area contributed by atoms with Gasteiger partial charge >= 0.3 is 17.9 Å². The van der Waals surface area contributed by atoms with E-state index in [9.17, 15) is 19.2 Å². The first kappa shape index (κ1) is 37.9.